The highest BCUT2D eigenvalue weighted by molar-refractivity contribution is 6.21. The van der Waals surface area contributed by atoms with E-state index in [4.69, 9.17) is 0 Å². The van der Waals surface area contributed by atoms with Crippen LogP contribution < -0.4 is 10.6 Å². The average molecular weight is 444 g/mol. The lowest BCUT2D eigenvalue weighted by atomic mass is 10.1. The fraction of sp³-hybridized carbons (Fsp3) is 0.154. The topological polar surface area (TPSA) is 101 Å². The van der Waals surface area contributed by atoms with Crippen LogP contribution >= 0.6 is 0 Å². The molecule has 0 heterocycles. The van der Waals surface area contributed by atoms with Gasteiger partial charge in [-0.15, -0.1) is 0 Å². The maximum Gasteiger partial charge on any atom is 0.269 e. The van der Waals surface area contributed by atoms with E-state index in [-0.39, 0.29) is 11.3 Å². The van der Waals surface area contributed by atoms with Crippen molar-refractivity contribution in [2.75, 3.05) is 13.1 Å². The van der Waals surface area contributed by atoms with Gasteiger partial charge >= 0.3 is 0 Å². The summed E-state index contributed by atoms with van der Waals surface area (Å²) < 4.78 is 0. The van der Waals surface area contributed by atoms with E-state index in [1.165, 1.54) is 30.3 Å². The molecule has 0 saturated heterocycles. The summed E-state index contributed by atoms with van der Waals surface area (Å²) in [4.78, 5) is 36.1. The SMILES string of the molecule is O=C(NCCc1ccccc1)C(=Cc1ccc([N+](=O)[O-])cc1)C(=O)NCCc1ccccc1. The third-order valence-corrected chi connectivity index (χ3v) is 4.99. The highest BCUT2D eigenvalue weighted by Crippen LogP contribution is 2.15. The Morgan fingerprint density at radius 3 is 1.61 bits per heavy atom. The molecule has 0 aliphatic rings. The normalized spacial score (nSPS) is 10.2. The molecule has 0 saturated carbocycles. The summed E-state index contributed by atoms with van der Waals surface area (Å²) in [5, 5.41) is 16.5. The Morgan fingerprint density at radius 1 is 0.727 bits per heavy atom. The van der Waals surface area contributed by atoms with Crippen LogP contribution in [0.3, 0.4) is 0 Å². The van der Waals surface area contributed by atoms with Crippen molar-refractivity contribution in [1.29, 1.82) is 0 Å². The molecule has 7 nitrogen and oxygen atoms in total. The molecule has 3 aromatic carbocycles. The molecular formula is C26H25N3O4. The van der Waals surface area contributed by atoms with Gasteiger partial charge in [0.05, 0.1) is 4.92 Å². The van der Waals surface area contributed by atoms with Gasteiger partial charge in [-0.3, -0.25) is 19.7 Å². The van der Waals surface area contributed by atoms with E-state index in [2.05, 4.69) is 10.6 Å². The fourth-order valence-corrected chi connectivity index (χ4v) is 3.21. The molecule has 33 heavy (non-hydrogen) atoms. The fourth-order valence-electron chi connectivity index (χ4n) is 3.21. The third-order valence-electron chi connectivity index (χ3n) is 4.99. The van der Waals surface area contributed by atoms with Crippen molar-refractivity contribution in [3.63, 3.8) is 0 Å². The van der Waals surface area contributed by atoms with Gasteiger partial charge in [0.25, 0.3) is 17.5 Å². The van der Waals surface area contributed by atoms with Crippen LogP contribution in [0, 0.1) is 10.1 Å². The molecule has 0 radical (unpaired) electrons. The minimum absolute atomic E-state index is 0.0509. The monoisotopic (exact) mass is 443 g/mol. The molecule has 0 fully saturated rings. The van der Waals surface area contributed by atoms with E-state index in [0.29, 0.717) is 31.5 Å². The van der Waals surface area contributed by atoms with Crippen molar-refractivity contribution in [1.82, 2.24) is 10.6 Å². The third kappa shape index (κ3) is 7.43. The maximum absolute atomic E-state index is 12.8. The first-order valence-electron chi connectivity index (χ1n) is 10.6. The number of nitrogens with one attached hydrogen (secondary N) is 2. The van der Waals surface area contributed by atoms with Crippen LogP contribution in [0.2, 0.25) is 0 Å². The zero-order valence-corrected chi connectivity index (χ0v) is 18.1. The Morgan fingerprint density at radius 2 is 1.18 bits per heavy atom. The first-order chi connectivity index (χ1) is 16.0. The predicted octanol–water partition coefficient (Wildman–Crippen LogP) is 3.70. The van der Waals surface area contributed by atoms with Gasteiger partial charge < -0.3 is 10.6 Å². The Bertz CT molecular complexity index is 1050. The number of non-ortho nitro benzene ring substituents is 1. The van der Waals surface area contributed by atoms with Crippen molar-refractivity contribution < 1.29 is 14.5 Å². The van der Waals surface area contributed by atoms with Gasteiger partial charge in [-0.25, -0.2) is 0 Å². The molecular weight excluding hydrogens is 418 g/mol. The number of hydrogen-bond donors (Lipinski definition) is 2. The van der Waals surface area contributed by atoms with Gasteiger partial charge in [0.2, 0.25) is 0 Å². The van der Waals surface area contributed by atoms with Crippen LogP contribution in [0.25, 0.3) is 6.08 Å². The summed E-state index contributed by atoms with van der Waals surface area (Å²) in [7, 11) is 0. The predicted molar refractivity (Wildman–Crippen MR) is 127 cm³/mol. The molecule has 2 amide bonds. The lowest BCUT2D eigenvalue weighted by molar-refractivity contribution is -0.384. The Kier molecular flexibility index (Phi) is 8.48. The molecule has 0 spiro atoms. The number of amides is 2. The van der Waals surface area contributed by atoms with Gasteiger partial charge in [0.15, 0.2) is 0 Å². The number of benzene rings is 3. The number of nitro groups is 1. The van der Waals surface area contributed by atoms with E-state index in [0.717, 1.165) is 11.1 Å². The molecule has 0 atom stereocenters. The van der Waals surface area contributed by atoms with Crippen LogP contribution in [0.1, 0.15) is 16.7 Å². The van der Waals surface area contributed by atoms with Gasteiger partial charge in [-0.05, 0) is 47.7 Å². The van der Waals surface area contributed by atoms with E-state index in [9.17, 15) is 19.7 Å². The Hall–Kier alpha value is -4.26. The number of hydrogen-bond acceptors (Lipinski definition) is 4. The number of nitro benzene ring substituents is 1. The molecule has 3 rings (SSSR count). The van der Waals surface area contributed by atoms with Gasteiger partial charge in [0, 0.05) is 25.2 Å². The number of rotatable bonds is 10. The molecule has 0 bridgehead atoms. The van der Waals surface area contributed by atoms with Gasteiger partial charge in [-0.2, -0.15) is 0 Å². The van der Waals surface area contributed by atoms with Crippen molar-refractivity contribution in [3.05, 3.63) is 117 Å². The summed E-state index contributed by atoms with van der Waals surface area (Å²) in [5.74, 6) is -0.997. The van der Waals surface area contributed by atoms with Crippen LogP contribution in [0.5, 0.6) is 0 Å². The summed E-state index contributed by atoms with van der Waals surface area (Å²) in [6.07, 6.45) is 2.71. The summed E-state index contributed by atoms with van der Waals surface area (Å²) in [5.41, 5.74) is 2.56. The van der Waals surface area contributed by atoms with E-state index >= 15 is 0 Å². The van der Waals surface area contributed by atoms with Crippen LogP contribution in [0.4, 0.5) is 5.69 Å². The zero-order valence-electron chi connectivity index (χ0n) is 18.1. The Labute approximate surface area is 192 Å². The van der Waals surface area contributed by atoms with Crippen LogP contribution in [-0.2, 0) is 22.4 Å². The molecule has 0 aliphatic carbocycles. The molecule has 0 aromatic heterocycles. The Balaban J connectivity index is 1.69. The van der Waals surface area contributed by atoms with Crippen LogP contribution in [0.15, 0.2) is 90.5 Å². The average Bonchev–Trinajstić information content (AvgIpc) is 2.84. The zero-order chi connectivity index (χ0) is 23.5. The molecule has 3 aromatic rings. The lowest BCUT2D eigenvalue weighted by Gasteiger charge is -2.11. The molecule has 168 valence electrons. The molecule has 7 heteroatoms. The first-order valence-corrected chi connectivity index (χ1v) is 10.6. The second-order valence-electron chi connectivity index (χ2n) is 7.39. The molecule has 2 N–H and O–H groups in total. The number of carbonyl (C=O) groups excluding carboxylic acids is 2. The second kappa shape index (κ2) is 12.0. The quantitative estimate of drug-likeness (QED) is 0.164. The van der Waals surface area contributed by atoms with E-state index in [1.807, 2.05) is 60.7 Å². The molecule has 0 aliphatic heterocycles. The standard InChI is InChI=1S/C26H25N3O4/c30-25(27-17-15-20-7-3-1-4-8-20)24(19-22-11-13-23(14-12-22)29(32)33)26(31)28-18-16-21-9-5-2-6-10-21/h1-14,19H,15-18H2,(H,27,30)(H,28,31). The lowest BCUT2D eigenvalue weighted by Crippen LogP contribution is -2.36. The van der Waals surface area contributed by atoms with E-state index in [1.54, 1.807) is 0 Å². The van der Waals surface area contributed by atoms with Gasteiger partial charge in [-0.1, -0.05) is 60.7 Å². The summed E-state index contributed by atoms with van der Waals surface area (Å²) in [6, 6.07) is 25.1. The van der Waals surface area contributed by atoms with Crippen molar-refractivity contribution in [2.24, 2.45) is 0 Å². The summed E-state index contributed by atoms with van der Waals surface area (Å²) >= 11 is 0. The second-order valence-corrected chi connectivity index (χ2v) is 7.39. The number of carbonyl (C=O) groups is 2. The van der Waals surface area contributed by atoms with Crippen molar-refractivity contribution in [2.45, 2.75) is 12.8 Å². The molecule has 0 unspecified atom stereocenters. The highest BCUT2D eigenvalue weighted by Gasteiger charge is 2.18. The van der Waals surface area contributed by atoms with Crippen molar-refractivity contribution >= 4 is 23.6 Å². The minimum atomic E-state index is -0.499. The minimum Gasteiger partial charge on any atom is -0.352 e. The van der Waals surface area contributed by atoms with Crippen LogP contribution in [-0.4, -0.2) is 29.8 Å². The highest BCUT2D eigenvalue weighted by atomic mass is 16.6. The van der Waals surface area contributed by atoms with Gasteiger partial charge in [0.1, 0.15) is 5.57 Å². The van der Waals surface area contributed by atoms with Crippen molar-refractivity contribution in [3.8, 4) is 0 Å². The number of nitrogens with zero attached hydrogens (tertiary/aromatic N) is 1. The maximum atomic E-state index is 12.8. The van der Waals surface area contributed by atoms with E-state index < -0.39 is 16.7 Å². The largest absolute Gasteiger partial charge is 0.352 e. The summed E-state index contributed by atoms with van der Waals surface area (Å²) in [6.45, 7) is 0.746. The smallest absolute Gasteiger partial charge is 0.269 e. The first kappa shape index (κ1) is 23.4.